The van der Waals surface area contributed by atoms with Gasteiger partial charge in [-0.05, 0) is 30.9 Å². The zero-order valence-corrected chi connectivity index (χ0v) is 12.2. The summed E-state index contributed by atoms with van der Waals surface area (Å²) in [5.41, 5.74) is 2.57. The van der Waals surface area contributed by atoms with Gasteiger partial charge in [-0.15, -0.1) is 0 Å². The first-order chi connectivity index (χ1) is 10.2. The second kappa shape index (κ2) is 5.68. The number of benzene rings is 1. The number of hydrogen-bond acceptors (Lipinski definition) is 5. The van der Waals surface area contributed by atoms with Crippen molar-refractivity contribution in [1.82, 2.24) is 10.1 Å². The largest absolute Gasteiger partial charge is 0.465 e. The highest BCUT2D eigenvalue weighted by atomic mass is 16.5. The summed E-state index contributed by atoms with van der Waals surface area (Å²) in [5, 5.41) is 4.05. The lowest BCUT2D eigenvalue weighted by atomic mass is 9.77. The van der Waals surface area contributed by atoms with E-state index in [2.05, 4.69) is 22.3 Å². The molecule has 5 heteroatoms. The predicted octanol–water partition coefficient (Wildman–Crippen LogP) is 2.81. The van der Waals surface area contributed by atoms with Crippen LogP contribution in [0.15, 0.2) is 28.8 Å². The molecule has 0 N–H and O–H groups in total. The Morgan fingerprint density at radius 1 is 1.43 bits per heavy atom. The van der Waals surface area contributed by atoms with E-state index < -0.39 is 5.92 Å². The normalized spacial score (nSPS) is 17.7. The smallest absolute Gasteiger partial charge is 0.318 e. The molecular weight excluding hydrogens is 268 g/mol. The van der Waals surface area contributed by atoms with Gasteiger partial charge in [0.05, 0.1) is 12.5 Å². The van der Waals surface area contributed by atoms with Crippen molar-refractivity contribution < 1.29 is 14.1 Å². The van der Waals surface area contributed by atoms with Gasteiger partial charge in [0.2, 0.25) is 5.89 Å². The van der Waals surface area contributed by atoms with E-state index in [0.717, 1.165) is 6.42 Å². The number of ether oxygens (including phenoxy) is 1. The maximum absolute atomic E-state index is 11.9. The molecule has 2 unspecified atom stereocenters. The standard InChI is InChI=1S/C16H18N2O3/c1-3-11(16(19)20-4-2)15-17-14(18-21-15)13-9-10-7-5-6-8-12(10)13/h5-8,11,13H,3-4,9H2,1-2H3. The Hall–Kier alpha value is -2.17. The molecule has 0 radical (unpaired) electrons. The lowest BCUT2D eigenvalue weighted by molar-refractivity contribution is -0.145. The minimum absolute atomic E-state index is 0.179. The Balaban J connectivity index is 1.80. The van der Waals surface area contributed by atoms with E-state index >= 15 is 0 Å². The maximum atomic E-state index is 11.9. The lowest BCUT2D eigenvalue weighted by Crippen LogP contribution is -2.19. The Kier molecular flexibility index (Phi) is 3.73. The molecule has 2 atom stereocenters. The topological polar surface area (TPSA) is 65.2 Å². The number of hydrogen-bond donors (Lipinski definition) is 0. The van der Waals surface area contributed by atoms with Gasteiger partial charge >= 0.3 is 5.97 Å². The number of esters is 1. The number of carbonyl (C=O) groups excluding carboxylic acids is 1. The van der Waals surface area contributed by atoms with E-state index in [1.54, 1.807) is 6.92 Å². The Morgan fingerprint density at radius 3 is 2.95 bits per heavy atom. The van der Waals surface area contributed by atoms with Crippen LogP contribution in [0.3, 0.4) is 0 Å². The van der Waals surface area contributed by atoms with Crippen molar-refractivity contribution in [1.29, 1.82) is 0 Å². The van der Waals surface area contributed by atoms with Gasteiger partial charge in [0.25, 0.3) is 0 Å². The second-order valence-electron chi connectivity index (χ2n) is 5.16. The first-order valence-corrected chi connectivity index (χ1v) is 7.32. The highest BCUT2D eigenvalue weighted by molar-refractivity contribution is 5.76. The van der Waals surface area contributed by atoms with E-state index in [9.17, 15) is 4.79 Å². The molecule has 3 rings (SSSR count). The van der Waals surface area contributed by atoms with Gasteiger partial charge in [0, 0.05) is 0 Å². The molecular formula is C16H18N2O3. The molecule has 5 nitrogen and oxygen atoms in total. The fourth-order valence-electron chi connectivity index (χ4n) is 2.70. The van der Waals surface area contributed by atoms with E-state index in [1.807, 2.05) is 19.1 Å². The minimum Gasteiger partial charge on any atom is -0.465 e. The van der Waals surface area contributed by atoms with Crippen molar-refractivity contribution in [2.24, 2.45) is 0 Å². The molecule has 0 amide bonds. The van der Waals surface area contributed by atoms with Crippen LogP contribution in [-0.4, -0.2) is 22.7 Å². The summed E-state index contributed by atoms with van der Waals surface area (Å²) in [6.45, 7) is 4.05. The van der Waals surface area contributed by atoms with Crippen LogP contribution in [-0.2, 0) is 16.0 Å². The molecule has 1 aromatic carbocycles. The van der Waals surface area contributed by atoms with Crippen LogP contribution in [0.25, 0.3) is 0 Å². The molecule has 21 heavy (non-hydrogen) atoms. The molecule has 0 aliphatic heterocycles. The summed E-state index contributed by atoms with van der Waals surface area (Å²) >= 11 is 0. The lowest BCUT2D eigenvalue weighted by Gasteiger charge is -2.27. The van der Waals surface area contributed by atoms with Crippen LogP contribution in [0.5, 0.6) is 0 Å². The van der Waals surface area contributed by atoms with E-state index in [-0.39, 0.29) is 11.9 Å². The zero-order chi connectivity index (χ0) is 14.8. The molecule has 2 aromatic rings. The molecule has 0 saturated carbocycles. The van der Waals surface area contributed by atoms with Crippen molar-refractivity contribution in [3.8, 4) is 0 Å². The third-order valence-electron chi connectivity index (χ3n) is 3.90. The van der Waals surface area contributed by atoms with Crippen LogP contribution in [0, 0.1) is 0 Å². The van der Waals surface area contributed by atoms with Crippen molar-refractivity contribution in [2.75, 3.05) is 6.61 Å². The monoisotopic (exact) mass is 286 g/mol. The van der Waals surface area contributed by atoms with Gasteiger partial charge in [-0.1, -0.05) is 36.3 Å². The Morgan fingerprint density at radius 2 is 2.24 bits per heavy atom. The van der Waals surface area contributed by atoms with Gasteiger partial charge < -0.3 is 9.26 Å². The number of aromatic nitrogens is 2. The molecule has 1 heterocycles. The number of nitrogens with zero attached hydrogens (tertiary/aromatic N) is 2. The summed E-state index contributed by atoms with van der Waals surface area (Å²) in [6, 6.07) is 8.24. The van der Waals surface area contributed by atoms with Crippen LogP contribution >= 0.6 is 0 Å². The van der Waals surface area contributed by atoms with Crippen LogP contribution < -0.4 is 0 Å². The molecule has 110 valence electrons. The summed E-state index contributed by atoms with van der Waals surface area (Å²) in [4.78, 5) is 16.3. The first kappa shape index (κ1) is 13.8. The summed E-state index contributed by atoms with van der Waals surface area (Å²) in [5.74, 6) is 0.422. The molecule has 1 aliphatic rings. The van der Waals surface area contributed by atoms with Gasteiger partial charge in [-0.2, -0.15) is 4.98 Å². The Labute approximate surface area is 123 Å². The number of rotatable bonds is 5. The van der Waals surface area contributed by atoms with Crippen LogP contribution in [0.2, 0.25) is 0 Å². The first-order valence-electron chi connectivity index (χ1n) is 7.32. The second-order valence-corrected chi connectivity index (χ2v) is 5.16. The molecule has 1 aliphatic carbocycles. The third-order valence-corrected chi connectivity index (χ3v) is 3.90. The maximum Gasteiger partial charge on any atom is 0.318 e. The van der Waals surface area contributed by atoms with Crippen molar-refractivity contribution >= 4 is 5.97 Å². The van der Waals surface area contributed by atoms with E-state index in [1.165, 1.54) is 11.1 Å². The molecule has 1 aromatic heterocycles. The summed E-state index contributed by atoms with van der Waals surface area (Å²) in [6.07, 6.45) is 1.51. The third kappa shape index (κ3) is 2.44. The average molecular weight is 286 g/mol. The van der Waals surface area contributed by atoms with Gasteiger partial charge in [0.1, 0.15) is 5.92 Å². The minimum atomic E-state index is -0.471. The summed E-state index contributed by atoms with van der Waals surface area (Å²) in [7, 11) is 0. The number of fused-ring (bicyclic) bond motifs is 1. The summed E-state index contributed by atoms with van der Waals surface area (Å²) < 4.78 is 10.3. The molecule has 0 fully saturated rings. The van der Waals surface area contributed by atoms with E-state index in [4.69, 9.17) is 9.26 Å². The highest BCUT2D eigenvalue weighted by Gasteiger charge is 2.33. The SMILES string of the molecule is CCOC(=O)C(CC)c1nc(C2Cc3ccccc32)no1. The van der Waals surface area contributed by atoms with Crippen molar-refractivity contribution in [3.63, 3.8) is 0 Å². The average Bonchev–Trinajstić information content (AvgIpc) is 2.90. The van der Waals surface area contributed by atoms with E-state index in [0.29, 0.717) is 24.7 Å². The van der Waals surface area contributed by atoms with Gasteiger partial charge in [-0.3, -0.25) is 4.79 Å². The highest BCUT2D eigenvalue weighted by Crippen LogP contribution is 2.38. The molecule has 0 saturated heterocycles. The molecule has 0 spiro atoms. The predicted molar refractivity (Wildman–Crippen MR) is 76.0 cm³/mol. The van der Waals surface area contributed by atoms with Crippen molar-refractivity contribution in [3.05, 3.63) is 47.1 Å². The van der Waals surface area contributed by atoms with Gasteiger partial charge in [-0.25, -0.2) is 0 Å². The number of carbonyl (C=O) groups is 1. The van der Waals surface area contributed by atoms with Crippen LogP contribution in [0.4, 0.5) is 0 Å². The zero-order valence-electron chi connectivity index (χ0n) is 12.2. The van der Waals surface area contributed by atoms with Crippen molar-refractivity contribution in [2.45, 2.75) is 38.5 Å². The fourth-order valence-corrected chi connectivity index (χ4v) is 2.70. The molecule has 0 bridgehead atoms. The fraction of sp³-hybridized carbons (Fsp3) is 0.438. The van der Waals surface area contributed by atoms with Gasteiger partial charge in [0.15, 0.2) is 5.82 Å². The van der Waals surface area contributed by atoms with Crippen LogP contribution in [0.1, 0.15) is 54.9 Å². The quantitative estimate of drug-likeness (QED) is 0.791. The Bertz CT molecular complexity index is 650.